The van der Waals surface area contributed by atoms with Crippen molar-refractivity contribution in [3.05, 3.63) is 18.0 Å². The third-order valence-corrected chi connectivity index (χ3v) is 2.19. The van der Waals surface area contributed by atoms with E-state index in [4.69, 9.17) is 0 Å². The Bertz CT molecular complexity index is 306. The predicted octanol–water partition coefficient (Wildman–Crippen LogP) is 1.43. The van der Waals surface area contributed by atoms with Crippen LogP contribution in [-0.2, 0) is 6.54 Å². The normalized spacial score (nSPS) is 12.5. The van der Waals surface area contributed by atoms with E-state index < -0.39 is 0 Å². The highest BCUT2D eigenvalue weighted by atomic mass is 16.2. The van der Waals surface area contributed by atoms with Gasteiger partial charge in [0.2, 0.25) is 0 Å². The Balaban J connectivity index is 2.60. The van der Waals surface area contributed by atoms with Gasteiger partial charge in [-0.1, -0.05) is 6.92 Å². The van der Waals surface area contributed by atoms with Crippen LogP contribution in [0.4, 0.5) is 0 Å². The van der Waals surface area contributed by atoms with E-state index in [1.807, 2.05) is 27.0 Å². The highest BCUT2D eigenvalue weighted by Crippen LogP contribution is 1.97. The van der Waals surface area contributed by atoms with Crippen molar-refractivity contribution >= 4 is 5.91 Å². The molecule has 4 nitrogen and oxygen atoms in total. The molecule has 0 aliphatic rings. The maximum Gasteiger partial charge on any atom is 0.271 e. The number of rotatable bonds is 4. The number of aromatic nitrogens is 2. The monoisotopic (exact) mass is 195 g/mol. The van der Waals surface area contributed by atoms with E-state index in [9.17, 15) is 4.79 Å². The van der Waals surface area contributed by atoms with Crippen LogP contribution in [0.25, 0.3) is 0 Å². The molecule has 1 heterocycles. The molecular weight excluding hydrogens is 178 g/mol. The van der Waals surface area contributed by atoms with Gasteiger partial charge in [-0.25, -0.2) is 0 Å². The fourth-order valence-electron chi connectivity index (χ4n) is 1.06. The van der Waals surface area contributed by atoms with Gasteiger partial charge in [0.05, 0.1) is 0 Å². The van der Waals surface area contributed by atoms with Gasteiger partial charge >= 0.3 is 0 Å². The predicted molar refractivity (Wildman–Crippen MR) is 55.1 cm³/mol. The summed E-state index contributed by atoms with van der Waals surface area (Å²) in [5.74, 6) is -0.0912. The van der Waals surface area contributed by atoms with E-state index in [1.54, 1.807) is 10.7 Å². The van der Waals surface area contributed by atoms with Crippen LogP contribution < -0.4 is 5.32 Å². The number of hydrogen-bond donors (Lipinski definition) is 1. The lowest BCUT2D eigenvalue weighted by molar-refractivity contribution is 0.0933. The van der Waals surface area contributed by atoms with Crippen molar-refractivity contribution in [2.75, 3.05) is 0 Å². The number of carbonyl (C=O) groups excluding carboxylic acids is 1. The molecule has 0 aromatic carbocycles. The van der Waals surface area contributed by atoms with Crippen molar-refractivity contribution in [1.29, 1.82) is 0 Å². The highest BCUT2D eigenvalue weighted by Gasteiger charge is 2.10. The summed E-state index contributed by atoms with van der Waals surface area (Å²) >= 11 is 0. The fourth-order valence-corrected chi connectivity index (χ4v) is 1.06. The zero-order chi connectivity index (χ0) is 10.6. The first-order valence-electron chi connectivity index (χ1n) is 5.01. The highest BCUT2D eigenvalue weighted by molar-refractivity contribution is 5.92. The van der Waals surface area contributed by atoms with Gasteiger partial charge in [0.25, 0.3) is 5.91 Å². The third-order valence-electron chi connectivity index (χ3n) is 2.19. The van der Waals surface area contributed by atoms with Crippen molar-refractivity contribution in [3.8, 4) is 0 Å². The van der Waals surface area contributed by atoms with Crippen molar-refractivity contribution in [2.45, 2.75) is 39.8 Å². The number of nitrogens with one attached hydrogen (secondary N) is 1. The molecule has 0 radical (unpaired) electrons. The second-order valence-electron chi connectivity index (χ2n) is 3.34. The quantitative estimate of drug-likeness (QED) is 0.790. The first-order chi connectivity index (χ1) is 6.67. The van der Waals surface area contributed by atoms with Crippen molar-refractivity contribution < 1.29 is 4.79 Å². The summed E-state index contributed by atoms with van der Waals surface area (Å²) in [6.45, 7) is 6.80. The molecule has 0 bridgehead atoms. The maximum absolute atomic E-state index is 11.6. The van der Waals surface area contributed by atoms with E-state index in [0.717, 1.165) is 13.0 Å². The van der Waals surface area contributed by atoms with Crippen LogP contribution in [0.1, 0.15) is 37.7 Å². The first kappa shape index (κ1) is 10.8. The Morgan fingerprint density at radius 2 is 2.36 bits per heavy atom. The molecule has 1 rings (SSSR count). The van der Waals surface area contributed by atoms with Crippen LogP contribution in [0.5, 0.6) is 0 Å². The van der Waals surface area contributed by atoms with E-state index in [-0.39, 0.29) is 11.9 Å². The Morgan fingerprint density at radius 1 is 1.64 bits per heavy atom. The second kappa shape index (κ2) is 4.79. The lowest BCUT2D eigenvalue weighted by atomic mass is 10.2. The molecule has 1 N–H and O–H groups in total. The Labute approximate surface area is 84.3 Å². The molecule has 0 unspecified atom stereocenters. The summed E-state index contributed by atoms with van der Waals surface area (Å²) < 4.78 is 1.74. The van der Waals surface area contributed by atoms with Crippen LogP contribution in [0, 0.1) is 0 Å². The average Bonchev–Trinajstić information content (AvgIpc) is 2.65. The van der Waals surface area contributed by atoms with Crippen molar-refractivity contribution in [2.24, 2.45) is 0 Å². The molecule has 0 spiro atoms. The van der Waals surface area contributed by atoms with Crippen molar-refractivity contribution in [3.63, 3.8) is 0 Å². The van der Waals surface area contributed by atoms with Crippen LogP contribution >= 0.6 is 0 Å². The molecule has 0 aliphatic carbocycles. The SMILES string of the molecule is CC[C@H](C)NC(=O)c1ccn(CC)n1. The lowest BCUT2D eigenvalue weighted by Gasteiger charge is -2.09. The first-order valence-corrected chi connectivity index (χ1v) is 5.01. The largest absolute Gasteiger partial charge is 0.348 e. The van der Waals surface area contributed by atoms with E-state index in [1.165, 1.54) is 0 Å². The Hall–Kier alpha value is -1.32. The van der Waals surface area contributed by atoms with Gasteiger partial charge in [0.1, 0.15) is 5.69 Å². The molecule has 4 heteroatoms. The molecule has 0 aliphatic heterocycles. The molecule has 1 amide bonds. The van der Waals surface area contributed by atoms with Gasteiger partial charge in [-0.05, 0) is 26.3 Å². The zero-order valence-electron chi connectivity index (χ0n) is 8.95. The van der Waals surface area contributed by atoms with E-state index in [2.05, 4.69) is 10.4 Å². The Kier molecular flexibility index (Phi) is 3.68. The number of hydrogen-bond acceptors (Lipinski definition) is 2. The number of amides is 1. The van der Waals surface area contributed by atoms with Crippen LogP contribution in [0.15, 0.2) is 12.3 Å². The molecule has 14 heavy (non-hydrogen) atoms. The molecule has 0 saturated heterocycles. The standard InChI is InChI=1S/C10H17N3O/c1-4-8(3)11-10(14)9-6-7-13(5-2)12-9/h6-8H,4-5H2,1-3H3,(H,11,14)/t8-/m0/s1. The molecule has 78 valence electrons. The lowest BCUT2D eigenvalue weighted by Crippen LogP contribution is -2.32. The molecule has 1 atom stereocenters. The minimum Gasteiger partial charge on any atom is -0.348 e. The summed E-state index contributed by atoms with van der Waals surface area (Å²) in [7, 11) is 0. The minimum atomic E-state index is -0.0912. The second-order valence-corrected chi connectivity index (χ2v) is 3.34. The molecule has 1 aromatic rings. The topological polar surface area (TPSA) is 46.9 Å². The molecular formula is C10H17N3O. The van der Waals surface area contributed by atoms with Crippen molar-refractivity contribution in [1.82, 2.24) is 15.1 Å². The molecule has 1 aromatic heterocycles. The zero-order valence-corrected chi connectivity index (χ0v) is 8.95. The van der Waals surface area contributed by atoms with Crippen LogP contribution in [-0.4, -0.2) is 21.7 Å². The minimum absolute atomic E-state index is 0.0912. The summed E-state index contributed by atoms with van der Waals surface area (Å²) in [5, 5.41) is 6.99. The average molecular weight is 195 g/mol. The van der Waals surface area contributed by atoms with Crippen LogP contribution in [0.3, 0.4) is 0 Å². The Morgan fingerprint density at radius 3 is 2.86 bits per heavy atom. The van der Waals surface area contributed by atoms with E-state index in [0.29, 0.717) is 5.69 Å². The van der Waals surface area contributed by atoms with Gasteiger partial charge in [0, 0.05) is 18.8 Å². The number of aryl methyl sites for hydroxylation is 1. The summed E-state index contributed by atoms with van der Waals surface area (Å²) in [5.41, 5.74) is 0.493. The third kappa shape index (κ3) is 2.58. The molecule has 0 fully saturated rings. The van der Waals surface area contributed by atoms with Gasteiger partial charge < -0.3 is 5.32 Å². The fraction of sp³-hybridized carbons (Fsp3) is 0.600. The van der Waals surface area contributed by atoms with Gasteiger partial charge in [-0.2, -0.15) is 5.10 Å². The van der Waals surface area contributed by atoms with Gasteiger partial charge in [0.15, 0.2) is 0 Å². The van der Waals surface area contributed by atoms with Gasteiger partial charge in [-0.15, -0.1) is 0 Å². The van der Waals surface area contributed by atoms with E-state index >= 15 is 0 Å². The summed E-state index contributed by atoms with van der Waals surface area (Å²) in [4.78, 5) is 11.6. The smallest absolute Gasteiger partial charge is 0.271 e. The number of nitrogens with zero attached hydrogens (tertiary/aromatic N) is 2. The number of carbonyl (C=O) groups is 1. The summed E-state index contributed by atoms with van der Waals surface area (Å²) in [6, 6.07) is 1.94. The van der Waals surface area contributed by atoms with Gasteiger partial charge in [-0.3, -0.25) is 9.48 Å². The molecule has 0 saturated carbocycles. The summed E-state index contributed by atoms with van der Waals surface area (Å²) in [6.07, 6.45) is 2.74. The maximum atomic E-state index is 11.6. The van der Waals surface area contributed by atoms with Crippen LogP contribution in [0.2, 0.25) is 0 Å².